The minimum Gasteiger partial charge on any atom is -0.497 e. The summed E-state index contributed by atoms with van der Waals surface area (Å²) < 4.78 is 5.29. The molecule has 0 radical (unpaired) electrons. The molecule has 0 saturated heterocycles. The second-order valence-electron chi connectivity index (χ2n) is 6.53. The van der Waals surface area contributed by atoms with Crippen molar-refractivity contribution in [1.82, 2.24) is 0 Å². The fourth-order valence-electron chi connectivity index (χ4n) is 2.86. The van der Waals surface area contributed by atoms with Crippen molar-refractivity contribution in [3.05, 3.63) is 95.1 Å². The van der Waals surface area contributed by atoms with Gasteiger partial charge in [0.25, 0.3) is 0 Å². The summed E-state index contributed by atoms with van der Waals surface area (Å²) in [5.41, 5.74) is 6.40. The van der Waals surface area contributed by atoms with E-state index in [1.165, 1.54) is 27.9 Å². The third-order valence-electron chi connectivity index (χ3n) is 4.43. The first-order chi connectivity index (χ1) is 12.1. The van der Waals surface area contributed by atoms with Crippen LogP contribution < -0.4 is 9.64 Å². The van der Waals surface area contributed by atoms with Gasteiger partial charge < -0.3 is 9.64 Å². The van der Waals surface area contributed by atoms with Gasteiger partial charge >= 0.3 is 0 Å². The molecule has 0 fully saturated rings. The second-order valence-corrected chi connectivity index (χ2v) is 6.53. The molecule has 0 heterocycles. The molecule has 0 saturated carbocycles. The van der Waals surface area contributed by atoms with Gasteiger partial charge in [-0.05, 0) is 49.2 Å². The van der Waals surface area contributed by atoms with Crippen LogP contribution in [-0.4, -0.2) is 7.11 Å². The number of methoxy groups -OCH3 is 1. The molecule has 0 N–H and O–H groups in total. The number of hydrogen-bond donors (Lipinski definition) is 0. The van der Waals surface area contributed by atoms with Crippen molar-refractivity contribution in [2.75, 3.05) is 12.0 Å². The maximum atomic E-state index is 5.29. The average Bonchev–Trinajstić information content (AvgIpc) is 2.65. The Morgan fingerprint density at radius 2 is 1.08 bits per heavy atom. The number of anilines is 1. The summed E-state index contributed by atoms with van der Waals surface area (Å²) in [5, 5.41) is 0. The minimum atomic E-state index is 0.875. The highest BCUT2D eigenvalue weighted by Crippen LogP contribution is 2.23. The molecule has 25 heavy (non-hydrogen) atoms. The zero-order valence-corrected chi connectivity index (χ0v) is 15.2. The summed E-state index contributed by atoms with van der Waals surface area (Å²) >= 11 is 0. The Morgan fingerprint density at radius 3 is 1.48 bits per heavy atom. The maximum Gasteiger partial charge on any atom is 0.119 e. The van der Waals surface area contributed by atoms with Crippen molar-refractivity contribution in [2.24, 2.45) is 0 Å². The predicted molar refractivity (Wildman–Crippen MR) is 105 cm³/mol. The lowest BCUT2D eigenvalue weighted by Crippen LogP contribution is -2.22. The van der Waals surface area contributed by atoms with E-state index in [2.05, 4.69) is 79.4 Å². The lowest BCUT2D eigenvalue weighted by atomic mass is 10.1. The first-order valence-corrected chi connectivity index (χ1v) is 8.64. The van der Waals surface area contributed by atoms with Crippen LogP contribution in [0, 0.1) is 13.8 Å². The Bertz CT molecular complexity index is 742. The summed E-state index contributed by atoms with van der Waals surface area (Å²) in [6, 6.07) is 25.8. The monoisotopic (exact) mass is 331 g/mol. The normalized spacial score (nSPS) is 10.5. The van der Waals surface area contributed by atoms with Crippen molar-refractivity contribution in [3.8, 4) is 5.75 Å². The molecule has 2 heteroatoms. The van der Waals surface area contributed by atoms with Gasteiger partial charge in [-0.15, -0.1) is 0 Å². The van der Waals surface area contributed by atoms with Gasteiger partial charge in [0.1, 0.15) is 5.75 Å². The Balaban J connectivity index is 1.85. The Kier molecular flexibility index (Phi) is 5.39. The fraction of sp³-hybridized carbons (Fsp3) is 0.217. The van der Waals surface area contributed by atoms with Crippen LogP contribution in [0.2, 0.25) is 0 Å². The average molecular weight is 331 g/mol. The van der Waals surface area contributed by atoms with E-state index >= 15 is 0 Å². The zero-order chi connectivity index (χ0) is 17.6. The Hall–Kier alpha value is -2.74. The molecule has 2 nitrogen and oxygen atoms in total. The molecule has 0 amide bonds. The second kappa shape index (κ2) is 7.89. The van der Waals surface area contributed by atoms with Gasteiger partial charge in [0, 0.05) is 18.8 Å². The van der Waals surface area contributed by atoms with Crippen molar-refractivity contribution in [1.29, 1.82) is 0 Å². The summed E-state index contributed by atoms with van der Waals surface area (Å²) in [4.78, 5) is 2.40. The highest BCUT2D eigenvalue weighted by Gasteiger charge is 2.09. The molecular weight excluding hydrogens is 306 g/mol. The Morgan fingerprint density at radius 1 is 0.640 bits per heavy atom. The molecule has 0 aliphatic carbocycles. The smallest absolute Gasteiger partial charge is 0.119 e. The van der Waals surface area contributed by atoms with Gasteiger partial charge in [-0.1, -0.05) is 59.7 Å². The molecule has 0 aromatic heterocycles. The van der Waals surface area contributed by atoms with Crippen LogP contribution >= 0.6 is 0 Å². The molecule has 3 rings (SSSR count). The molecule has 0 bridgehead atoms. The largest absolute Gasteiger partial charge is 0.497 e. The van der Waals surface area contributed by atoms with Crippen LogP contribution in [-0.2, 0) is 13.1 Å². The number of benzene rings is 3. The van der Waals surface area contributed by atoms with E-state index in [-0.39, 0.29) is 0 Å². The molecular formula is C23H25NO. The summed E-state index contributed by atoms with van der Waals surface area (Å²) in [5.74, 6) is 0.884. The van der Waals surface area contributed by atoms with Crippen LogP contribution in [0.1, 0.15) is 22.3 Å². The molecule has 0 aliphatic rings. The first kappa shape index (κ1) is 17.1. The van der Waals surface area contributed by atoms with Crippen molar-refractivity contribution < 1.29 is 4.74 Å². The van der Waals surface area contributed by atoms with Gasteiger partial charge in [-0.3, -0.25) is 0 Å². The standard InChI is InChI=1S/C23H25NO/c1-18-4-8-20(9-5-18)16-24(17-21-10-6-19(2)7-11-21)22-12-14-23(25-3)15-13-22/h4-15H,16-17H2,1-3H3. The predicted octanol–water partition coefficient (Wildman–Crippen LogP) is 5.52. The molecule has 128 valence electrons. The molecule has 0 spiro atoms. The lowest BCUT2D eigenvalue weighted by Gasteiger charge is -2.25. The fourth-order valence-corrected chi connectivity index (χ4v) is 2.86. The van der Waals surface area contributed by atoms with Crippen LogP contribution in [0.4, 0.5) is 5.69 Å². The van der Waals surface area contributed by atoms with Gasteiger partial charge in [0.2, 0.25) is 0 Å². The van der Waals surface area contributed by atoms with Crippen LogP contribution in [0.5, 0.6) is 5.75 Å². The molecule has 0 unspecified atom stereocenters. The molecule has 0 atom stereocenters. The van der Waals surface area contributed by atoms with Crippen LogP contribution in [0.15, 0.2) is 72.8 Å². The molecule has 3 aromatic rings. The Labute approximate surface area is 150 Å². The quantitative estimate of drug-likeness (QED) is 0.590. The van der Waals surface area contributed by atoms with Gasteiger partial charge in [-0.25, -0.2) is 0 Å². The van der Waals surface area contributed by atoms with Crippen LogP contribution in [0.3, 0.4) is 0 Å². The summed E-state index contributed by atoms with van der Waals surface area (Å²) in [7, 11) is 1.70. The topological polar surface area (TPSA) is 12.5 Å². The third kappa shape index (κ3) is 4.63. The molecule has 3 aromatic carbocycles. The maximum absolute atomic E-state index is 5.29. The minimum absolute atomic E-state index is 0.875. The van der Waals surface area contributed by atoms with Gasteiger partial charge in [0.15, 0.2) is 0 Å². The van der Waals surface area contributed by atoms with E-state index < -0.39 is 0 Å². The van der Waals surface area contributed by atoms with E-state index in [4.69, 9.17) is 4.74 Å². The molecule has 0 aliphatic heterocycles. The van der Waals surface area contributed by atoms with E-state index in [9.17, 15) is 0 Å². The lowest BCUT2D eigenvalue weighted by molar-refractivity contribution is 0.415. The summed E-state index contributed by atoms with van der Waals surface area (Å²) in [6.45, 7) is 6.00. The van der Waals surface area contributed by atoms with Crippen molar-refractivity contribution in [3.63, 3.8) is 0 Å². The SMILES string of the molecule is COc1ccc(N(Cc2ccc(C)cc2)Cc2ccc(C)cc2)cc1. The third-order valence-corrected chi connectivity index (χ3v) is 4.43. The number of ether oxygens (including phenoxy) is 1. The van der Waals surface area contributed by atoms with E-state index in [0.717, 1.165) is 18.8 Å². The van der Waals surface area contributed by atoms with Crippen LogP contribution in [0.25, 0.3) is 0 Å². The number of rotatable bonds is 6. The van der Waals surface area contributed by atoms with Gasteiger partial charge in [0.05, 0.1) is 7.11 Å². The highest BCUT2D eigenvalue weighted by atomic mass is 16.5. The van der Waals surface area contributed by atoms with Crippen molar-refractivity contribution in [2.45, 2.75) is 26.9 Å². The first-order valence-electron chi connectivity index (χ1n) is 8.64. The highest BCUT2D eigenvalue weighted by molar-refractivity contribution is 5.50. The van der Waals surface area contributed by atoms with E-state index in [0.29, 0.717) is 0 Å². The number of nitrogens with zero attached hydrogens (tertiary/aromatic N) is 1. The number of aryl methyl sites for hydroxylation is 2. The van der Waals surface area contributed by atoms with E-state index in [1.807, 2.05) is 12.1 Å². The van der Waals surface area contributed by atoms with E-state index in [1.54, 1.807) is 7.11 Å². The zero-order valence-electron chi connectivity index (χ0n) is 15.2. The van der Waals surface area contributed by atoms with Crippen molar-refractivity contribution >= 4 is 5.69 Å². The van der Waals surface area contributed by atoms with Gasteiger partial charge in [-0.2, -0.15) is 0 Å². The number of hydrogen-bond acceptors (Lipinski definition) is 2. The summed E-state index contributed by atoms with van der Waals surface area (Å²) in [6.07, 6.45) is 0.